The van der Waals surface area contributed by atoms with Gasteiger partial charge in [-0.15, -0.1) is 0 Å². The first kappa shape index (κ1) is 15.3. The summed E-state index contributed by atoms with van der Waals surface area (Å²) in [5.74, 6) is 0.627. The van der Waals surface area contributed by atoms with Gasteiger partial charge in [-0.1, -0.05) is 6.07 Å². The highest BCUT2D eigenvalue weighted by molar-refractivity contribution is 7.92. The molecule has 1 heterocycles. The number of anilines is 1. The molecule has 0 amide bonds. The van der Waals surface area contributed by atoms with Gasteiger partial charge in [-0.05, 0) is 56.2 Å². The lowest BCUT2D eigenvalue weighted by Crippen LogP contribution is -2.15. The fourth-order valence-electron chi connectivity index (χ4n) is 1.86. The molecule has 0 radical (unpaired) electrons. The maximum absolute atomic E-state index is 12.5. The van der Waals surface area contributed by atoms with Gasteiger partial charge in [0.1, 0.15) is 16.5 Å². The zero-order valence-corrected chi connectivity index (χ0v) is 13.1. The maximum Gasteiger partial charge on any atom is 0.266 e. The van der Waals surface area contributed by atoms with Crippen LogP contribution < -0.4 is 9.46 Å². The molecule has 0 atom stereocenters. The summed E-state index contributed by atoms with van der Waals surface area (Å²) in [7, 11) is -3.74. The summed E-state index contributed by atoms with van der Waals surface area (Å²) >= 11 is 0. The third-order valence-electron chi connectivity index (χ3n) is 3.05. The van der Waals surface area contributed by atoms with E-state index in [1.807, 2.05) is 20.8 Å². The van der Waals surface area contributed by atoms with Crippen LogP contribution in [0.4, 0.5) is 5.82 Å². The van der Waals surface area contributed by atoms with Crippen molar-refractivity contribution in [1.29, 1.82) is 0 Å². The molecule has 0 saturated carbocycles. The van der Waals surface area contributed by atoms with Crippen molar-refractivity contribution in [3.8, 4) is 5.75 Å². The number of ether oxygens (including phenoxy) is 1. The molecule has 2 aromatic rings. The van der Waals surface area contributed by atoms with Crippen molar-refractivity contribution in [3.05, 3.63) is 47.7 Å². The monoisotopic (exact) mass is 306 g/mol. The van der Waals surface area contributed by atoms with Crippen LogP contribution in [0.3, 0.4) is 0 Å². The zero-order valence-electron chi connectivity index (χ0n) is 12.3. The molecule has 112 valence electrons. The van der Waals surface area contributed by atoms with E-state index in [0.29, 0.717) is 12.4 Å². The van der Waals surface area contributed by atoms with Crippen LogP contribution in [-0.2, 0) is 10.0 Å². The van der Waals surface area contributed by atoms with Crippen LogP contribution in [0, 0.1) is 13.8 Å². The Bertz CT molecular complexity index is 728. The SMILES string of the molecule is CCOc1cc(C)c(C)cc1S(=O)(=O)Nc1ccccn1. The molecule has 0 saturated heterocycles. The first-order chi connectivity index (χ1) is 9.94. The third-order valence-corrected chi connectivity index (χ3v) is 4.43. The van der Waals surface area contributed by atoms with Crippen LogP contribution in [0.25, 0.3) is 0 Å². The van der Waals surface area contributed by atoms with E-state index in [4.69, 9.17) is 4.74 Å². The minimum Gasteiger partial charge on any atom is -0.492 e. The second kappa shape index (κ2) is 6.13. The van der Waals surface area contributed by atoms with E-state index in [-0.39, 0.29) is 10.7 Å². The molecule has 6 heteroatoms. The highest BCUT2D eigenvalue weighted by Gasteiger charge is 2.21. The largest absolute Gasteiger partial charge is 0.492 e. The smallest absolute Gasteiger partial charge is 0.266 e. The fourth-order valence-corrected chi connectivity index (χ4v) is 3.08. The third kappa shape index (κ3) is 3.52. The van der Waals surface area contributed by atoms with Crippen LogP contribution in [0.2, 0.25) is 0 Å². The predicted molar refractivity (Wildman–Crippen MR) is 82.1 cm³/mol. The van der Waals surface area contributed by atoms with Crippen molar-refractivity contribution in [2.75, 3.05) is 11.3 Å². The second-order valence-electron chi connectivity index (χ2n) is 4.64. The molecule has 5 nitrogen and oxygen atoms in total. The molecule has 0 unspecified atom stereocenters. The number of aromatic nitrogens is 1. The van der Waals surface area contributed by atoms with Crippen molar-refractivity contribution in [2.45, 2.75) is 25.7 Å². The summed E-state index contributed by atoms with van der Waals surface area (Å²) in [5, 5.41) is 0. The topological polar surface area (TPSA) is 68.3 Å². The van der Waals surface area contributed by atoms with Gasteiger partial charge < -0.3 is 4.74 Å². The molecule has 0 aliphatic rings. The molecule has 2 rings (SSSR count). The number of nitrogens with one attached hydrogen (secondary N) is 1. The van der Waals surface area contributed by atoms with Crippen LogP contribution in [-0.4, -0.2) is 20.0 Å². The van der Waals surface area contributed by atoms with Crippen molar-refractivity contribution in [3.63, 3.8) is 0 Å². The maximum atomic E-state index is 12.5. The lowest BCUT2D eigenvalue weighted by molar-refractivity contribution is 0.331. The van der Waals surface area contributed by atoms with Gasteiger partial charge in [-0.2, -0.15) is 0 Å². The summed E-state index contributed by atoms with van der Waals surface area (Å²) in [6.07, 6.45) is 1.53. The molecule has 0 aliphatic carbocycles. The molecule has 0 bridgehead atoms. The minimum absolute atomic E-state index is 0.123. The Morgan fingerprint density at radius 2 is 1.90 bits per heavy atom. The summed E-state index contributed by atoms with van der Waals surface area (Å²) in [6.45, 7) is 6.00. The number of hydrogen-bond acceptors (Lipinski definition) is 4. The lowest BCUT2D eigenvalue weighted by atomic mass is 10.1. The highest BCUT2D eigenvalue weighted by Crippen LogP contribution is 2.28. The Morgan fingerprint density at radius 1 is 1.19 bits per heavy atom. The molecule has 1 aromatic heterocycles. The standard InChI is InChI=1S/C15H18N2O3S/c1-4-20-13-9-11(2)12(3)10-14(13)21(18,19)17-15-7-5-6-8-16-15/h5-10H,4H2,1-3H3,(H,16,17). The van der Waals surface area contributed by atoms with Gasteiger partial charge in [0.2, 0.25) is 0 Å². The zero-order chi connectivity index (χ0) is 15.5. The number of rotatable bonds is 5. The van der Waals surface area contributed by atoms with Crippen molar-refractivity contribution < 1.29 is 13.2 Å². The van der Waals surface area contributed by atoms with Crippen LogP contribution >= 0.6 is 0 Å². The molecule has 0 fully saturated rings. The molecule has 1 aromatic carbocycles. The summed E-state index contributed by atoms with van der Waals surface area (Å²) in [4.78, 5) is 4.10. The second-order valence-corrected chi connectivity index (χ2v) is 6.29. The quantitative estimate of drug-likeness (QED) is 0.922. The number of hydrogen-bond donors (Lipinski definition) is 1. The van der Waals surface area contributed by atoms with Crippen molar-refractivity contribution in [2.24, 2.45) is 0 Å². The van der Waals surface area contributed by atoms with E-state index in [2.05, 4.69) is 9.71 Å². The van der Waals surface area contributed by atoms with Crippen molar-refractivity contribution >= 4 is 15.8 Å². The first-order valence-corrected chi connectivity index (χ1v) is 8.10. The van der Waals surface area contributed by atoms with E-state index in [9.17, 15) is 8.42 Å². The Hall–Kier alpha value is -2.08. The van der Waals surface area contributed by atoms with Gasteiger partial charge in [0.05, 0.1) is 6.61 Å². The summed E-state index contributed by atoms with van der Waals surface area (Å²) in [5.41, 5.74) is 1.87. The molecule has 1 N–H and O–H groups in total. The van der Waals surface area contributed by atoms with E-state index in [1.165, 1.54) is 6.20 Å². The molecular formula is C15H18N2O3S. The Labute approximate surface area is 125 Å². The van der Waals surface area contributed by atoms with Crippen LogP contribution in [0.5, 0.6) is 5.75 Å². The van der Waals surface area contributed by atoms with Crippen LogP contribution in [0.15, 0.2) is 41.4 Å². The van der Waals surface area contributed by atoms with E-state index in [0.717, 1.165) is 11.1 Å². The van der Waals surface area contributed by atoms with Gasteiger partial charge in [-0.3, -0.25) is 4.72 Å². The van der Waals surface area contributed by atoms with Gasteiger partial charge in [0.15, 0.2) is 0 Å². The molecule has 0 spiro atoms. The van der Waals surface area contributed by atoms with Gasteiger partial charge in [0.25, 0.3) is 10.0 Å². The normalized spacial score (nSPS) is 11.2. The first-order valence-electron chi connectivity index (χ1n) is 6.62. The molecule has 21 heavy (non-hydrogen) atoms. The average Bonchev–Trinajstić information content (AvgIpc) is 2.43. The Morgan fingerprint density at radius 3 is 2.52 bits per heavy atom. The number of pyridine rings is 1. The number of aryl methyl sites for hydroxylation is 2. The molecule has 0 aliphatic heterocycles. The van der Waals surface area contributed by atoms with Crippen molar-refractivity contribution in [1.82, 2.24) is 4.98 Å². The lowest BCUT2D eigenvalue weighted by Gasteiger charge is -2.14. The van der Waals surface area contributed by atoms with Gasteiger partial charge >= 0.3 is 0 Å². The summed E-state index contributed by atoms with van der Waals surface area (Å²) < 4.78 is 33.0. The molecular weight excluding hydrogens is 288 g/mol. The minimum atomic E-state index is -3.74. The number of benzene rings is 1. The van der Waals surface area contributed by atoms with Crippen LogP contribution in [0.1, 0.15) is 18.1 Å². The Kier molecular flexibility index (Phi) is 4.47. The van der Waals surface area contributed by atoms with E-state index < -0.39 is 10.0 Å². The average molecular weight is 306 g/mol. The Balaban J connectivity index is 2.46. The van der Waals surface area contributed by atoms with Gasteiger partial charge in [0, 0.05) is 6.20 Å². The summed E-state index contributed by atoms with van der Waals surface area (Å²) in [6, 6.07) is 8.39. The van der Waals surface area contributed by atoms with Gasteiger partial charge in [-0.25, -0.2) is 13.4 Å². The fraction of sp³-hybridized carbons (Fsp3) is 0.267. The highest BCUT2D eigenvalue weighted by atomic mass is 32.2. The van der Waals surface area contributed by atoms with E-state index in [1.54, 1.807) is 30.3 Å². The van der Waals surface area contributed by atoms with E-state index >= 15 is 0 Å². The number of nitrogens with zero attached hydrogens (tertiary/aromatic N) is 1. The number of sulfonamides is 1. The predicted octanol–water partition coefficient (Wildman–Crippen LogP) is 2.90.